The molecule has 0 saturated heterocycles. The first-order valence-corrected chi connectivity index (χ1v) is 3.38. The maximum Gasteiger partial charge on any atom is 0.134 e. The first-order valence-electron chi connectivity index (χ1n) is 3.38. The zero-order chi connectivity index (χ0) is 7.56. The Labute approximate surface area is 60.5 Å². The average molecular weight is 137 g/mol. The fraction of sp³-hybridized carbons (Fsp3) is 0.375. The molecule has 0 saturated carbocycles. The summed E-state index contributed by atoms with van der Waals surface area (Å²) in [6.07, 6.45) is 2.40. The second-order valence-electron chi connectivity index (χ2n) is 2.31. The molecule has 0 amide bonds. The lowest BCUT2D eigenvalue weighted by Crippen LogP contribution is -1.89. The van der Waals surface area contributed by atoms with Crippen LogP contribution in [0.1, 0.15) is 18.2 Å². The average Bonchev–Trinajstić information content (AvgIpc) is 1.88. The van der Waals surface area contributed by atoms with Crippen LogP contribution in [-0.2, 0) is 6.42 Å². The van der Waals surface area contributed by atoms with E-state index in [1.54, 1.807) is 6.07 Å². The third-order valence-electron chi connectivity index (χ3n) is 1.51. The summed E-state index contributed by atoms with van der Waals surface area (Å²) in [6, 6.07) is 1.73. The first-order chi connectivity index (χ1) is 4.74. The van der Waals surface area contributed by atoms with Gasteiger partial charge in [-0.3, -0.25) is 4.98 Å². The molecule has 1 aromatic rings. The summed E-state index contributed by atoms with van der Waals surface area (Å²) in [6.45, 7) is 4.00. The Kier molecular flexibility index (Phi) is 1.90. The van der Waals surface area contributed by atoms with E-state index >= 15 is 0 Å². The lowest BCUT2D eigenvalue weighted by atomic mass is 10.2. The van der Waals surface area contributed by atoms with E-state index in [9.17, 15) is 0 Å². The van der Waals surface area contributed by atoms with Crippen molar-refractivity contribution in [2.75, 3.05) is 0 Å². The van der Waals surface area contributed by atoms with E-state index in [1.807, 2.05) is 13.8 Å². The number of aryl methyl sites for hydroxylation is 2. The lowest BCUT2D eigenvalue weighted by molar-refractivity contribution is 0.471. The van der Waals surface area contributed by atoms with Gasteiger partial charge in [0.15, 0.2) is 0 Å². The van der Waals surface area contributed by atoms with Gasteiger partial charge >= 0.3 is 0 Å². The predicted octanol–water partition coefficient (Wildman–Crippen LogP) is 1.66. The van der Waals surface area contributed by atoms with E-state index in [1.165, 1.54) is 6.20 Å². The third-order valence-corrected chi connectivity index (χ3v) is 1.51. The Morgan fingerprint density at radius 3 is 2.80 bits per heavy atom. The Balaban J connectivity index is 3.07. The van der Waals surface area contributed by atoms with Crippen molar-refractivity contribution in [1.82, 2.24) is 4.98 Å². The van der Waals surface area contributed by atoms with Gasteiger partial charge in [-0.05, 0) is 25.0 Å². The normalized spacial score (nSPS) is 9.80. The minimum Gasteiger partial charge on any atom is -0.506 e. The van der Waals surface area contributed by atoms with Crippen LogP contribution in [0.5, 0.6) is 5.75 Å². The fourth-order valence-corrected chi connectivity index (χ4v) is 0.958. The number of hydrogen-bond donors (Lipinski definition) is 1. The molecule has 0 fully saturated rings. The maximum atomic E-state index is 8.97. The van der Waals surface area contributed by atoms with Gasteiger partial charge in [-0.25, -0.2) is 0 Å². The molecule has 0 atom stereocenters. The van der Waals surface area contributed by atoms with E-state index in [2.05, 4.69) is 4.98 Å². The van der Waals surface area contributed by atoms with Gasteiger partial charge in [-0.2, -0.15) is 0 Å². The van der Waals surface area contributed by atoms with Crippen LogP contribution in [0.15, 0.2) is 12.3 Å². The van der Waals surface area contributed by atoms with Gasteiger partial charge in [0.25, 0.3) is 0 Å². The summed E-state index contributed by atoms with van der Waals surface area (Å²) < 4.78 is 0. The molecule has 0 spiro atoms. The van der Waals surface area contributed by atoms with Gasteiger partial charge in [0.1, 0.15) is 5.75 Å². The zero-order valence-electron chi connectivity index (χ0n) is 6.26. The highest BCUT2D eigenvalue weighted by Crippen LogP contribution is 2.12. The van der Waals surface area contributed by atoms with Crippen molar-refractivity contribution >= 4 is 0 Å². The zero-order valence-corrected chi connectivity index (χ0v) is 6.26. The van der Waals surface area contributed by atoms with Gasteiger partial charge in [-0.1, -0.05) is 6.92 Å². The number of pyridine rings is 1. The van der Waals surface area contributed by atoms with E-state index in [-0.39, 0.29) is 5.75 Å². The Morgan fingerprint density at radius 1 is 1.60 bits per heavy atom. The smallest absolute Gasteiger partial charge is 0.134 e. The second kappa shape index (κ2) is 2.69. The van der Waals surface area contributed by atoms with Crippen LogP contribution in [0.2, 0.25) is 0 Å². The molecule has 1 N–H and O–H groups in total. The Morgan fingerprint density at radius 2 is 2.30 bits per heavy atom. The van der Waals surface area contributed by atoms with Gasteiger partial charge in [0.05, 0.1) is 6.20 Å². The quantitative estimate of drug-likeness (QED) is 0.638. The van der Waals surface area contributed by atoms with Gasteiger partial charge in [0, 0.05) is 5.69 Å². The molecular formula is C8H11NO. The molecule has 0 unspecified atom stereocenters. The van der Waals surface area contributed by atoms with Gasteiger partial charge in [-0.15, -0.1) is 0 Å². The summed E-state index contributed by atoms with van der Waals surface area (Å²) in [5.41, 5.74) is 2.11. The van der Waals surface area contributed by atoms with Crippen molar-refractivity contribution in [3.05, 3.63) is 23.5 Å². The van der Waals surface area contributed by atoms with Crippen LogP contribution in [0.25, 0.3) is 0 Å². The number of nitrogens with zero attached hydrogens (tertiary/aromatic N) is 1. The number of hydrogen-bond acceptors (Lipinski definition) is 2. The van der Waals surface area contributed by atoms with Crippen LogP contribution < -0.4 is 0 Å². The minimum absolute atomic E-state index is 0.245. The summed E-state index contributed by atoms with van der Waals surface area (Å²) in [7, 11) is 0. The minimum atomic E-state index is 0.245. The molecule has 0 aliphatic carbocycles. The highest BCUT2D eigenvalue weighted by Gasteiger charge is 1.96. The van der Waals surface area contributed by atoms with Crippen LogP contribution >= 0.6 is 0 Å². The standard InChI is InChI=1S/C8H11NO/c1-3-8-6(2)4-7(10)5-9-8/h4-5,10H,3H2,1-2H3. The van der Waals surface area contributed by atoms with Crippen LogP contribution in [-0.4, -0.2) is 10.1 Å². The van der Waals surface area contributed by atoms with Crippen molar-refractivity contribution in [1.29, 1.82) is 0 Å². The van der Waals surface area contributed by atoms with E-state index in [0.717, 1.165) is 17.7 Å². The molecule has 1 rings (SSSR count). The highest BCUT2D eigenvalue weighted by molar-refractivity contribution is 5.26. The largest absolute Gasteiger partial charge is 0.506 e. The topological polar surface area (TPSA) is 33.1 Å². The molecule has 2 heteroatoms. The van der Waals surface area contributed by atoms with Gasteiger partial charge in [0.2, 0.25) is 0 Å². The molecule has 0 aliphatic rings. The molecule has 10 heavy (non-hydrogen) atoms. The second-order valence-corrected chi connectivity index (χ2v) is 2.31. The predicted molar refractivity (Wildman–Crippen MR) is 40.0 cm³/mol. The van der Waals surface area contributed by atoms with E-state index in [0.29, 0.717) is 0 Å². The maximum absolute atomic E-state index is 8.97. The number of aromatic nitrogens is 1. The molecule has 0 bridgehead atoms. The van der Waals surface area contributed by atoms with E-state index < -0.39 is 0 Å². The summed E-state index contributed by atoms with van der Waals surface area (Å²) >= 11 is 0. The first kappa shape index (κ1) is 7.06. The lowest BCUT2D eigenvalue weighted by Gasteiger charge is -2.00. The Hall–Kier alpha value is -1.05. The summed E-state index contributed by atoms with van der Waals surface area (Å²) in [4.78, 5) is 4.05. The summed E-state index contributed by atoms with van der Waals surface area (Å²) in [5.74, 6) is 0.245. The third kappa shape index (κ3) is 1.26. The molecule has 1 heterocycles. The van der Waals surface area contributed by atoms with Crippen molar-refractivity contribution in [2.24, 2.45) is 0 Å². The van der Waals surface area contributed by atoms with Crippen molar-refractivity contribution in [3.63, 3.8) is 0 Å². The molecule has 0 aliphatic heterocycles. The molecular weight excluding hydrogens is 126 g/mol. The SMILES string of the molecule is CCc1ncc(O)cc1C. The molecule has 0 radical (unpaired) electrons. The summed E-state index contributed by atoms with van der Waals surface area (Å²) in [5, 5.41) is 8.97. The van der Waals surface area contributed by atoms with Crippen molar-refractivity contribution in [3.8, 4) is 5.75 Å². The van der Waals surface area contributed by atoms with Crippen LogP contribution in [0, 0.1) is 6.92 Å². The van der Waals surface area contributed by atoms with Crippen LogP contribution in [0.3, 0.4) is 0 Å². The molecule has 2 nitrogen and oxygen atoms in total. The van der Waals surface area contributed by atoms with Gasteiger partial charge < -0.3 is 5.11 Å². The molecule has 0 aromatic carbocycles. The Bertz CT molecular complexity index is 233. The number of rotatable bonds is 1. The number of aromatic hydroxyl groups is 1. The molecule has 1 aromatic heterocycles. The molecule has 54 valence electrons. The highest BCUT2D eigenvalue weighted by atomic mass is 16.3. The monoisotopic (exact) mass is 137 g/mol. The van der Waals surface area contributed by atoms with Crippen LogP contribution in [0.4, 0.5) is 0 Å². The van der Waals surface area contributed by atoms with Crippen molar-refractivity contribution < 1.29 is 5.11 Å². The van der Waals surface area contributed by atoms with Crippen molar-refractivity contribution in [2.45, 2.75) is 20.3 Å². The fourth-order valence-electron chi connectivity index (χ4n) is 0.958. The van der Waals surface area contributed by atoms with E-state index in [4.69, 9.17) is 5.11 Å².